The minimum Gasteiger partial charge on any atom is -0.494 e. The second-order valence-corrected chi connectivity index (χ2v) is 5.03. The largest absolute Gasteiger partial charge is 0.494 e. The maximum Gasteiger partial charge on any atom is 0.321 e. The zero-order valence-corrected chi connectivity index (χ0v) is 12.5. The second kappa shape index (κ2) is 6.98. The van der Waals surface area contributed by atoms with E-state index >= 15 is 0 Å². The van der Waals surface area contributed by atoms with Gasteiger partial charge in [0, 0.05) is 13.1 Å². The van der Waals surface area contributed by atoms with Crippen LogP contribution in [0.5, 0.6) is 5.75 Å². The Labute approximate surface area is 125 Å². The minimum atomic E-state index is -0.522. The molecule has 0 radical (unpaired) electrons. The number of hydrogen-bond donors (Lipinski definition) is 3. The number of ether oxygens (including phenoxy) is 1. The molecule has 8 heteroatoms. The third-order valence-electron chi connectivity index (χ3n) is 2.56. The zero-order chi connectivity index (χ0) is 15.2. The summed E-state index contributed by atoms with van der Waals surface area (Å²) in [5, 5.41) is 5.12. The van der Waals surface area contributed by atoms with Gasteiger partial charge >= 0.3 is 6.03 Å². The number of nitrogens with one attached hydrogen (secondary N) is 3. The summed E-state index contributed by atoms with van der Waals surface area (Å²) < 4.78 is 5.41. The van der Waals surface area contributed by atoms with Gasteiger partial charge < -0.3 is 15.0 Å². The smallest absolute Gasteiger partial charge is 0.321 e. The third kappa shape index (κ3) is 4.12. The highest BCUT2D eigenvalue weighted by Crippen LogP contribution is 2.23. The van der Waals surface area contributed by atoms with E-state index in [2.05, 4.69) is 20.6 Å². The lowest BCUT2D eigenvalue weighted by Gasteiger charge is -2.01. The van der Waals surface area contributed by atoms with Gasteiger partial charge in [0.25, 0.3) is 0 Å². The summed E-state index contributed by atoms with van der Waals surface area (Å²) in [6.45, 7) is 2.52. The van der Waals surface area contributed by atoms with E-state index in [1.165, 1.54) is 18.8 Å². The zero-order valence-electron chi connectivity index (χ0n) is 11.7. The number of imide groups is 1. The first kappa shape index (κ1) is 15.2. The van der Waals surface area contributed by atoms with Crippen molar-refractivity contribution in [2.75, 3.05) is 19.4 Å². The molecule has 3 N–H and O–H groups in total. The molecule has 0 aliphatic carbocycles. The lowest BCUT2D eigenvalue weighted by atomic mass is 10.3. The topological polar surface area (TPSA) is 96.1 Å². The fourth-order valence-electron chi connectivity index (χ4n) is 1.65. The van der Waals surface area contributed by atoms with E-state index in [-0.39, 0.29) is 11.7 Å². The summed E-state index contributed by atoms with van der Waals surface area (Å²) >= 11 is 1.23. The van der Waals surface area contributed by atoms with Crippen LogP contribution in [-0.4, -0.2) is 41.3 Å². The molecule has 7 nitrogen and oxygen atoms in total. The van der Waals surface area contributed by atoms with Crippen molar-refractivity contribution in [1.82, 2.24) is 20.6 Å². The first-order valence-electron chi connectivity index (χ1n) is 6.39. The van der Waals surface area contributed by atoms with Gasteiger partial charge in [0.1, 0.15) is 5.75 Å². The van der Waals surface area contributed by atoms with Crippen LogP contribution in [0.25, 0.3) is 11.0 Å². The van der Waals surface area contributed by atoms with Crippen LogP contribution >= 0.6 is 11.8 Å². The SMILES string of the molecule is CCOc1ccc2nc(SCC(=O)NC(=O)NC)[nH]c2c1. The molecule has 1 heterocycles. The highest BCUT2D eigenvalue weighted by molar-refractivity contribution is 7.99. The molecule has 0 bridgehead atoms. The van der Waals surface area contributed by atoms with Crippen molar-refractivity contribution in [2.24, 2.45) is 0 Å². The number of imidazole rings is 1. The van der Waals surface area contributed by atoms with Crippen molar-refractivity contribution in [3.8, 4) is 5.75 Å². The van der Waals surface area contributed by atoms with Crippen molar-refractivity contribution in [1.29, 1.82) is 0 Å². The van der Waals surface area contributed by atoms with Gasteiger partial charge in [-0.3, -0.25) is 10.1 Å². The lowest BCUT2D eigenvalue weighted by Crippen LogP contribution is -2.38. The number of urea groups is 1. The van der Waals surface area contributed by atoms with Crippen LogP contribution in [0, 0.1) is 0 Å². The van der Waals surface area contributed by atoms with Crippen LogP contribution in [0.4, 0.5) is 4.79 Å². The highest BCUT2D eigenvalue weighted by Gasteiger charge is 2.09. The number of fused-ring (bicyclic) bond motifs is 1. The summed E-state index contributed by atoms with van der Waals surface area (Å²) in [7, 11) is 1.45. The molecule has 0 saturated heterocycles. The average Bonchev–Trinajstić information content (AvgIpc) is 2.87. The van der Waals surface area contributed by atoms with E-state index in [1.54, 1.807) is 0 Å². The fraction of sp³-hybridized carbons (Fsp3) is 0.308. The lowest BCUT2D eigenvalue weighted by molar-refractivity contribution is -0.117. The monoisotopic (exact) mass is 308 g/mol. The molecule has 2 rings (SSSR count). The normalized spacial score (nSPS) is 10.4. The molecular weight excluding hydrogens is 292 g/mol. The Morgan fingerprint density at radius 3 is 2.95 bits per heavy atom. The summed E-state index contributed by atoms with van der Waals surface area (Å²) in [6, 6.07) is 5.04. The number of nitrogens with zero attached hydrogens (tertiary/aromatic N) is 1. The molecule has 0 spiro atoms. The summed E-state index contributed by atoms with van der Waals surface area (Å²) in [5.74, 6) is 0.489. The van der Waals surface area contributed by atoms with Gasteiger partial charge in [-0.2, -0.15) is 0 Å². The van der Waals surface area contributed by atoms with Crippen LogP contribution in [0.3, 0.4) is 0 Å². The Kier molecular flexibility index (Phi) is 5.04. The number of carbonyl (C=O) groups is 2. The Morgan fingerprint density at radius 2 is 2.24 bits per heavy atom. The predicted octanol–water partition coefficient (Wildman–Crippen LogP) is 1.51. The highest BCUT2D eigenvalue weighted by atomic mass is 32.2. The van der Waals surface area contributed by atoms with Crippen molar-refractivity contribution >= 4 is 34.7 Å². The number of amides is 3. The van der Waals surface area contributed by atoms with Crippen LogP contribution in [-0.2, 0) is 4.79 Å². The minimum absolute atomic E-state index is 0.103. The Balaban J connectivity index is 1.99. The predicted molar refractivity (Wildman–Crippen MR) is 80.6 cm³/mol. The Bertz CT molecular complexity index is 656. The summed E-state index contributed by atoms with van der Waals surface area (Å²) in [5.41, 5.74) is 1.64. The third-order valence-corrected chi connectivity index (χ3v) is 3.44. The molecular formula is C13H16N4O3S. The number of hydrogen-bond acceptors (Lipinski definition) is 5. The Morgan fingerprint density at radius 1 is 1.43 bits per heavy atom. The van der Waals surface area contributed by atoms with Crippen LogP contribution in [0.15, 0.2) is 23.4 Å². The number of benzene rings is 1. The number of aromatic amines is 1. The van der Waals surface area contributed by atoms with Gasteiger partial charge in [0.2, 0.25) is 5.91 Å². The molecule has 0 fully saturated rings. The summed E-state index contributed by atoms with van der Waals surface area (Å²) in [4.78, 5) is 29.9. The van der Waals surface area contributed by atoms with Crippen LogP contribution in [0.2, 0.25) is 0 Å². The van der Waals surface area contributed by atoms with Crippen molar-refractivity contribution in [3.05, 3.63) is 18.2 Å². The van der Waals surface area contributed by atoms with Gasteiger partial charge in [-0.15, -0.1) is 0 Å². The first-order chi connectivity index (χ1) is 10.1. The average molecular weight is 308 g/mol. The number of rotatable bonds is 5. The quantitative estimate of drug-likeness (QED) is 0.728. The molecule has 0 saturated carbocycles. The molecule has 0 aliphatic rings. The van der Waals surface area contributed by atoms with Gasteiger partial charge in [-0.05, 0) is 19.1 Å². The van der Waals surface area contributed by atoms with E-state index in [9.17, 15) is 9.59 Å². The van der Waals surface area contributed by atoms with Crippen molar-refractivity contribution in [2.45, 2.75) is 12.1 Å². The van der Waals surface area contributed by atoms with Gasteiger partial charge in [-0.25, -0.2) is 9.78 Å². The Hall–Kier alpha value is -2.22. The molecule has 112 valence electrons. The van der Waals surface area contributed by atoms with E-state index in [0.717, 1.165) is 16.8 Å². The first-order valence-corrected chi connectivity index (χ1v) is 7.38. The molecule has 1 aromatic heterocycles. The number of H-pyrrole nitrogens is 1. The standard InChI is InChI=1S/C13H16N4O3S/c1-3-20-8-4-5-9-10(6-8)16-13(15-9)21-7-11(18)17-12(19)14-2/h4-6H,3,7H2,1-2H3,(H,15,16)(H2,14,17,18,19). The molecule has 1 aromatic carbocycles. The van der Waals surface area contributed by atoms with E-state index < -0.39 is 6.03 Å². The maximum atomic E-state index is 11.5. The molecule has 2 aromatic rings. The van der Waals surface area contributed by atoms with Gasteiger partial charge in [0.15, 0.2) is 5.16 Å². The van der Waals surface area contributed by atoms with Gasteiger partial charge in [-0.1, -0.05) is 11.8 Å². The fourth-order valence-corrected chi connectivity index (χ4v) is 2.33. The molecule has 0 aliphatic heterocycles. The maximum absolute atomic E-state index is 11.5. The van der Waals surface area contributed by atoms with E-state index in [1.807, 2.05) is 25.1 Å². The second-order valence-electron chi connectivity index (χ2n) is 4.07. The number of thioether (sulfide) groups is 1. The summed E-state index contributed by atoms with van der Waals surface area (Å²) in [6.07, 6.45) is 0. The van der Waals surface area contributed by atoms with E-state index in [4.69, 9.17) is 4.74 Å². The molecule has 0 unspecified atom stereocenters. The van der Waals surface area contributed by atoms with E-state index in [0.29, 0.717) is 11.8 Å². The molecule has 0 atom stereocenters. The molecule has 3 amide bonds. The van der Waals surface area contributed by atoms with Crippen molar-refractivity contribution < 1.29 is 14.3 Å². The number of aromatic nitrogens is 2. The molecule has 21 heavy (non-hydrogen) atoms. The number of carbonyl (C=O) groups excluding carboxylic acids is 2. The van der Waals surface area contributed by atoms with Crippen LogP contribution in [0.1, 0.15) is 6.92 Å². The van der Waals surface area contributed by atoms with Crippen molar-refractivity contribution in [3.63, 3.8) is 0 Å². The van der Waals surface area contributed by atoms with Crippen LogP contribution < -0.4 is 15.4 Å². The van der Waals surface area contributed by atoms with Gasteiger partial charge in [0.05, 0.1) is 23.4 Å².